The first kappa shape index (κ1) is 21.6. The molecule has 2 aliphatic rings. The van der Waals surface area contributed by atoms with Crippen LogP contribution in [0.3, 0.4) is 0 Å². The molecule has 2 aromatic rings. The van der Waals surface area contributed by atoms with Gasteiger partial charge >= 0.3 is 0 Å². The van der Waals surface area contributed by atoms with E-state index in [-0.39, 0.29) is 36.7 Å². The highest BCUT2D eigenvalue weighted by Crippen LogP contribution is 2.47. The van der Waals surface area contributed by atoms with Crippen molar-refractivity contribution in [2.75, 3.05) is 20.2 Å². The number of rotatable bonds is 4. The molecule has 2 heterocycles. The van der Waals surface area contributed by atoms with Crippen molar-refractivity contribution in [2.45, 2.75) is 32.1 Å². The lowest BCUT2D eigenvalue weighted by atomic mass is 9.63. The number of ether oxygens (including phenoxy) is 1. The van der Waals surface area contributed by atoms with Crippen molar-refractivity contribution < 1.29 is 23.5 Å². The highest BCUT2D eigenvalue weighted by Gasteiger charge is 2.53. The zero-order chi connectivity index (χ0) is 23.0. The number of likely N-dealkylation sites (tertiary alicyclic amines) is 1. The lowest BCUT2D eigenvalue weighted by molar-refractivity contribution is -0.154. The minimum atomic E-state index is -0.922. The van der Waals surface area contributed by atoms with Gasteiger partial charge in [0.25, 0.3) is 0 Å². The number of hydrogen-bond donors (Lipinski definition) is 0. The Kier molecular flexibility index (Phi) is 5.51. The Morgan fingerprint density at radius 3 is 2.53 bits per heavy atom. The van der Waals surface area contributed by atoms with Crippen LogP contribution in [0.4, 0.5) is 4.39 Å². The number of halogens is 1. The average Bonchev–Trinajstić information content (AvgIpc) is 2.72. The van der Waals surface area contributed by atoms with E-state index in [4.69, 9.17) is 10.00 Å². The largest absolute Gasteiger partial charge is 0.496 e. The fraction of sp³-hybridized carbons (Fsp3) is 0.375. The number of amides is 1. The molecule has 1 aromatic carbocycles. The fourth-order valence-electron chi connectivity index (χ4n) is 4.85. The van der Waals surface area contributed by atoms with E-state index < -0.39 is 17.2 Å². The number of hydrogen-bond acceptors (Lipinski definition) is 6. The maximum Gasteiger partial charge on any atom is 0.236 e. The Morgan fingerprint density at radius 1 is 1.28 bits per heavy atom. The second kappa shape index (κ2) is 8.15. The molecule has 1 aliphatic heterocycles. The molecule has 0 bridgehead atoms. The van der Waals surface area contributed by atoms with Gasteiger partial charge < -0.3 is 9.64 Å². The molecule has 4 rings (SSSR count). The lowest BCUT2D eigenvalue weighted by Crippen LogP contribution is -2.62. The molecule has 0 unspecified atom stereocenters. The number of Topliss-reactive ketones (excluding diaryl/α,β-unsaturated/α-hetero) is 2. The Balaban J connectivity index is 1.60. The second-order valence-corrected chi connectivity index (χ2v) is 8.57. The van der Waals surface area contributed by atoms with Gasteiger partial charge in [-0.3, -0.25) is 19.4 Å². The number of nitriles is 1. The summed E-state index contributed by atoms with van der Waals surface area (Å²) in [6, 6.07) is 8.22. The maximum absolute atomic E-state index is 13.2. The summed E-state index contributed by atoms with van der Waals surface area (Å²) in [6.07, 6.45) is 1.32. The monoisotopic (exact) mass is 435 g/mol. The molecule has 32 heavy (non-hydrogen) atoms. The molecule has 1 aromatic heterocycles. The third kappa shape index (κ3) is 3.75. The van der Waals surface area contributed by atoms with Crippen LogP contribution in [0.15, 0.2) is 30.5 Å². The molecule has 1 aliphatic carbocycles. The quantitative estimate of drug-likeness (QED) is 0.685. The van der Waals surface area contributed by atoms with Crippen molar-refractivity contribution in [1.82, 2.24) is 9.88 Å². The van der Waals surface area contributed by atoms with Crippen LogP contribution in [0, 0.1) is 29.5 Å². The number of aromatic nitrogens is 1. The third-order valence-corrected chi connectivity index (χ3v) is 6.26. The highest BCUT2D eigenvalue weighted by atomic mass is 19.1. The summed E-state index contributed by atoms with van der Waals surface area (Å²) in [5.41, 5.74) is 1.97. The third-order valence-electron chi connectivity index (χ3n) is 6.26. The molecule has 1 spiro atoms. The molecular weight excluding hydrogens is 413 g/mol. The summed E-state index contributed by atoms with van der Waals surface area (Å²) in [6.45, 7) is 2.45. The van der Waals surface area contributed by atoms with Crippen molar-refractivity contribution in [3.63, 3.8) is 0 Å². The van der Waals surface area contributed by atoms with E-state index >= 15 is 0 Å². The molecule has 164 valence electrons. The summed E-state index contributed by atoms with van der Waals surface area (Å²) in [4.78, 5) is 43.8. The van der Waals surface area contributed by atoms with E-state index in [9.17, 15) is 18.8 Å². The van der Waals surface area contributed by atoms with E-state index in [1.54, 1.807) is 19.1 Å². The van der Waals surface area contributed by atoms with Crippen LogP contribution in [-0.2, 0) is 14.4 Å². The van der Waals surface area contributed by atoms with Crippen LogP contribution >= 0.6 is 0 Å². The molecule has 0 N–H and O–H groups in total. The molecular formula is C24H22FN3O4. The van der Waals surface area contributed by atoms with Gasteiger partial charge in [0.15, 0.2) is 0 Å². The Bertz CT molecular complexity index is 1130. The SMILES string of the molecule is COc1cc(-c2ccc(F)cn2)cc(C)c1C1C(=O)CC2(CC1=O)CN(C(=O)CC#N)C2. The van der Waals surface area contributed by atoms with Gasteiger partial charge in [0.2, 0.25) is 5.91 Å². The van der Waals surface area contributed by atoms with Crippen molar-refractivity contribution in [3.05, 3.63) is 47.4 Å². The summed E-state index contributed by atoms with van der Waals surface area (Å²) >= 11 is 0. The first-order valence-corrected chi connectivity index (χ1v) is 10.3. The van der Waals surface area contributed by atoms with Gasteiger partial charge in [-0.25, -0.2) is 4.39 Å². The zero-order valence-electron chi connectivity index (χ0n) is 17.9. The van der Waals surface area contributed by atoms with Crippen molar-refractivity contribution in [2.24, 2.45) is 5.41 Å². The number of ketones is 2. The predicted molar refractivity (Wildman–Crippen MR) is 112 cm³/mol. The number of carbonyl (C=O) groups is 3. The highest BCUT2D eigenvalue weighted by molar-refractivity contribution is 6.11. The molecule has 0 radical (unpaired) electrons. The average molecular weight is 435 g/mol. The normalized spacial score (nSPS) is 17.8. The number of aryl methyl sites for hydroxylation is 1. The van der Waals surface area contributed by atoms with Crippen LogP contribution in [-0.4, -0.2) is 47.6 Å². The predicted octanol–water partition coefficient (Wildman–Crippen LogP) is 2.96. The molecule has 7 nitrogen and oxygen atoms in total. The molecule has 1 saturated heterocycles. The van der Waals surface area contributed by atoms with Crippen LogP contribution in [0.25, 0.3) is 11.3 Å². The second-order valence-electron chi connectivity index (χ2n) is 8.57. The topological polar surface area (TPSA) is 100 Å². The minimum absolute atomic E-state index is 0.192. The standard InChI is InChI=1S/C24H22FN3O4/c1-14-7-15(17-4-3-16(25)11-27-17)8-20(32-2)22(14)23-18(29)9-24(10-19(23)30)12-28(13-24)21(31)5-6-26/h3-4,7-8,11,23H,5,9-10,12-13H2,1-2H3. The lowest BCUT2D eigenvalue weighted by Gasteiger charge is -2.52. The molecule has 1 amide bonds. The minimum Gasteiger partial charge on any atom is -0.496 e. The molecule has 1 saturated carbocycles. The summed E-state index contributed by atoms with van der Waals surface area (Å²) < 4.78 is 18.8. The molecule has 2 fully saturated rings. The first-order chi connectivity index (χ1) is 15.3. The smallest absolute Gasteiger partial charge is 0.236 e. The van der Waals surface area contributed by atoms with E-state index in [2.05, 4.69) is 4.98 Å². The van der Waals surface area contributed by atoms with Gasteiger partial charge in [0.05, 0.1) is 25.1 Å². The van der Waals surface area contributed by atoms with Crippen LogP contribution in [0.1, 0.15) is 36.3 Å². The van der Waals surface area contributed by atoms with Crippen LogP contribution < -0.4 is 4.74 Å². The summed E-state index contributed by atoms with van der Waals surface area (Å²) in [7, 11) is 1.48. The maximum atomic E-state index is 13.2. The zero-order valence-corrected chi connectivity index (χ0v) is 17.9. The Hall–Kier alpha value is -3.60. The van der Waals surface area contributed by atoms with Crippen molar-refractivity contribution in [3.8, 4) is 23.1 Å². The van der Waals surface area contributed by atoms with Gasteiger partial charge in [0.1, 0.15) is 35.5 Å². The van der Waals surface area contributed by atoms with Gasteiger partial charge in [-0.2, -0.15) is 5.26 Å². The number of nitrogens with zero attached hydrogens (tertiary/aromatic N) is 3. The van der Waals surface area contributed by atoms with Gasteiger partial charge in [-0.1, -0.05) is 0 Å². The van der Waals surface area contributed by atoms with Crippen LogP contribution in [0.5, 0.6) is 5.75 Å². The van der Waals surface area contributed by atoms with E-state index in [0.717, 1.165) is 6.20 Å². The molecule has 8 heteroatoms. The van der Waals surface area contributed by atoms with E-state index in [1.807, 2.05) is 12.1 Å². The number of carbonyl (C=O) groups excluding carboxylic acids is 3. The first-order valence-electron chi connectivity index (χ1n) is 10.3. The van der Waals surface area contributed by atoms with Gasteiger partial charge in [-0.05, 0) is 36.8 Å². The number of methoxy groups -OCH3 is 1. The van der Waals surface area contributed by atoms with Gasteiger partial charge in [0, 0.05) is 42.5 Å². The Labute approximate surface area is 184 Å². The van der Waals surface area contributed by atoms with Gasteiger partial charge in [-0.15, -0.1) is 0 Å². The summed E-state index contributed by atoms with van der Waals surface area (Å²) in [5, 5.41) is 8.69. The Morgan fingerprint density at radius 2 is 1.97 bits per heavy atom. The van der Waals surface area contributed by atoms with E-state index in [1.165, 1.54) is 18.1 Å². The number of benzene rings is 1. The van der Waals surface area contributed by atoms with Crippen molar-refractivity contribution >= 4 is 17.5 Å². The van der Waals surface area contributed by atoms with E-state index in [0.29, 0.717) is 41.2 Å². The fourth-order valence-corrected chi connectivity index (χ4v) is 4.85. The molecule has 0 atom stereocenters. The van der Waals surface area contributed by atoms with Crippen molar-refractivity contribution in [1.29, 1.82) is 5.26 Å². The number of pyridine rings is 1. The van der Waals surface area contributed by atoms with Crippen LogP contribution in [0.2, 0.25) is 0 Å². The summed E-state index contributed by atoms with van der Waals surface area (Å²) in [5.74, 6) is -1.61.